The van der Waals surface area contributed by atoms with E-state index in [1.165, 1.54) is 5.57 Å². The van der Waals surface area contributed by atoms with E-state index >= 15 is 0 Å². The van der Waals surface area contributed by atoms with E-state index in [2.05, 4.69) is 30.2 Å². The molecule has 1 unspecified atom stereocenters. The molecule has 1 aliphatic carbocycles. The van der Waals surface area contributed by atoms with Crippen LogP contribution in [0.3, 0.4) is 0 Å². The zero-order valence-electron chi connectivity index (χ0n) is 12.7. The molecule has 22 heavy (non-hydrogen) atoms. The Morgan fingerprint density at radius 1 is 1.50 bits per heavy atom. The van der Waals surface area contributed by atoms with Crippen LogP contribution in [-0.2, 0) is 4.79 Å². The zero-order valence-corrected chi connectivity index (χ0v) is 13.5. The van der Waals surface area contributed by atoms with Gasteiger partial charge in [-0.25, -0.2) is 4.79 Å². The zero-order chi connectivity index (χ0) is 16.1. The average Bonchev–Trinajstić information content (AvgIpc) is 2.89. The van der Waals surface area contributed by atoms with Crippen LogP contribution >= 0.6 is 11.3 Å². The van der Waals surface area contributed by atoms with Crippen LogP contribution in [0.1, 0.15) is 54.1 Å². The summed E-state index contributed by atoms with van der Waals surface area (Å²) in [5, 5.41) is 12.0. The second-order valence-corrected chi connectivity index (χ2v) is 6.38. The van der Waals surface area contributed by atoms with E-state index in [4.69, 9.17) is 0 Å². The maximum absolute atomic E-state index is 12.3. The summed E-state index contributed by atoms with van der Waals surface area (Å²) in [4.78, 5) is 24.4. The summed E-state index contributed by atoms with van der Waals surface area (Å²) in [5.74, 6) is 4.59. The maximum atomic E-state index is 12.3. The number of carbonyl (C=O) groups excluding carboxylic acids is 1. The number of hydrogen-bond donors (Lipinski definition) is 2. The third-order valence-corrected chi connectivity index (χ3v) is 4.62. The minimum absolute atomic E-state index is 0.0876. The molecule has 1 aliphatic rings. The molecule has 1 aromatic rings. The van der Waals surface area contributed by atoms with E-state index in [0.29, 0.717) is 23.4 Å². The highest BCUT2D eigenvalue weighted by Gasteiger charge is 2.23. The summed E-state index contributed by atoms with van der Waals surface area (Å²) in [6.07, 6.45) is 5.23. The molecule has 5 heteroatoms. The topological polar surface area (TPSA) is 66.4 Å². The third-order valence-electron chi connectivity index (χ3n) is 3.58. The van der Waals surface area contributed by atoms with Crippen LogP contribution in [-0.4, -0.2) is 17.0 Å². The number of carboxylic acid groups (broad SMARTS) is 1. The molecular weight excluding hydrogens is 298 g/mol. The Labute approximate surface area is 134 Å². The fraction of sp³-hybridized carbons (Fsp3) is 0.412. The SMILES string of the molecule is CCC#Cc1cc(NC(=O)C2CC=C(C)CC2)c(C(=O)O)s1. The van der Waals surface area contributed by atoms with E-state index in [1.807, 2.05) is 6.92 Å². The molecule has 2 rings (SSSR count). The van der Waals surface area contributed by atoms with E-state index in [-0.39, 0.29) is 16.7 Å². The third kappa shape index (κ3) is 3.99. The van der Waals surface area contributed by atoms with Crippen molar-refractivity contribution in [3.8, 4) is 11.8 Å². The highest BCUT2D eigenvalue weighted by Crippen LogP contribution is 2.29. The Balaban J connectivity index is 2.16. The van der Waals surface area contributed by atoms with Gasteiger partial charge in [-0.15, -0.1) is 11.3 Å². The van der Waals surface area contributed by atoms with Crippen LogP contribution in [0.15, 0.2) is 17.7 Å². The van der Waals surface area contributed by atoms with Gasteiger partial charge in [0.25, 0.3) is 0 Å². The molecule has 0 bridgehead atoms. The second-order valence-electron chi connectivity index (χ2n) is 5.32. The van der Waals surface area contributed by atoms with Crippen molar-refractivity contribution in [2.75, 3.05) is 5.32 Å². The molecule has 4 nitrogen and oxygen atoms in total. The molecule has 1 amide bonds. The van der Waals surface area contributed by atoms with Gasteiger partial charge in [-0.2, -0.15) is 0 Å². The average molecular weight is 317 g/mol. The van der Waals surface area contributed by atoms with Gasteiger partial charge in [0, 0.05) is 12.3 Å². The van der Waals surface area contributed by atoms with E-state index in [1.54, 1.807) is 6.07 Å². The largest absolute Gasteiger partial charge is 0.477 e. The van der Waals surface area contributed by atoms with E-state index in [0.717, 1.165) is 24.2 Å². The number of rotatable bonds is 3. The number of allylic oxidation sites excluding steroid dienone is 2. The highest BCUT2D eigenvalue weighted by atomic mass is 32.1. The van der Waals surface area contributed by atoms with Gasteiger partial charge in [0.1, 0.15) is 4.88 Å². The lowest BCUT2D eigenvalue weighted by atomic mass is 9.89. The van der Waals surface area contributed by atoms with Crippen molar-refractivity contribution in [1.29, 1.82) is 0 Å². The Morgan fingerprint density at radius 2 is 2.27 bits per heavy atom. The fourth-order valence-corrected chi connectivity index (χ4v) is 3.15. The second kappa shape index (κ2) is 7.28. The van der Waals surface area contributed by atoms with Crippen LogP contribution in [0.2, 0.25) is 0 Å². The molecule has 0 saturated heterocycles. The number of anilines is 1. The van der Waals surface area contributed by atoms with Gasteiger partial charge < -0.3 is 10.4 Å². The lowest BCUT2D eigenvalue weighted by Gasteiger charge is -2.19. The molecule has 0 aromatic carbocycles. The molecule has 0 aliphatic heterocycles. The summed E-state index contributed by atoms with van der Waals surface area (Å²) in [6, 6.07) is 1.65. The smallest absolute Gasteiger partial charge is 0.348 e. The van der Waals surface area contributed by atoms with Gasteiger partial charge in [0.05, 0.1) is 10.6 Å². The lowest BCUT2D eigenvalue weighted by molar-refractivity contribution is -0.120. The number of hydrogen-bond acceptors (Lipinski definition) is 3. The van der Waals surface area contributed by atoms with Crippen LogP contribution in [0.4, 0.5) is 5.69 Å². The van der Waals surface area contributed by atoms with Gasteiger partial charge >= 0.3 is 5.97 Å². The highest BCUT2D eigenvalue weighted by molar-refractivity contribution is 7.15. The molecule has 0 saturated carbocycles. The molecule has 116 valence electrons. The van der Waals surface area contributed by atoms with Crippen molar-refractivity contribution in [2.45, 2.75) is 39.5 Å². The standard InChI is InChI=1S/C17H19NO3S/c1-3-4-5-13-10-14(15(22-13)17(20)21)18-16(19)12-8-6-11(2)7-9-12/h6,10,12H,3,7-9H2,1-2H3,(H,18,19)(H,20,21). The minimum atomic E-state index is -1.04. The van der Waals surface area contributed by atoms with Crippen molar-refractivity contribution < 1.29 is 14.7 Å². The summed E-state index contributed by atoms with van der Waals surface area (Å²) in [7, 11) is 0. The maximum Gasteiger partial charge on any atom is 0.348 e. The number of carboxylic acids is 1. The first-order valence-corrected chi connectivity index (χ1v) is 8.15. The Hall–Kier alpha value is -2.06. The van der Waals surface area contributed by atoms with E-state index < -0.39 is 5.97 Å². The number of aromatic carboxylic acids is 1. The molecule has 1 atom stereocenters. The molecule has 0 radical (unpaired) electrons. The first-order chi connectivity index (χ1) is 10.5. The van der Waals surface area contributed by atoms with Crippen molar-refractivity contribution >= 4 is 28.9 Å². The molecule has 0 fully saturated rings. The number of amides is 1. The van der Waals surface area contributed by atoms with Crippen LogP contribution < -0.4 is 5.32 Å². The Kier molecular flexibility index (Phi) is 5.40. The van der Waals surface area contributed by atoms with Crippen molar-refractivity contribution in [2.24, 2.45) is 5.92 Å². The summed E-state index contributed by atoms with van der Waals surface area (Å²) < 4.78 is 0. The molecule has 1 aromatic heterocycles. The van der Waals surface area contributed by atoms with Crippen molar-refractivity contribution in [1.82, 2.24) is 0 Å². The molecular formula is C17H19NO3S. The monoisotopic (exact) mass is 317 g/mol. The lowest BCUT2D eigenvalue weighted by Crippen LogP contribution is -2.24. The van der Waals surface area contributed by atoms with Gasteiger partial charge in [0.2, 0.25) is 5.91 Å². The van der Waals surface area contributed by atoms with Crippen LogP contribution in [0, 0.1) is 17.8 Å². The van der Waals surface area contributed by atoms with E-state index in [9.17, 15) is 14.7 Å². The van der Waals surface area contributed by atoms with Crippen LogP contribution in [0.25, 0.3) is 0 Å². The van der Waals surface area contributed by atoms with Crippen LogP contribution in [0.5, 0.6) is 0 Å². The molecule has 1 heterocycles. The normalized spacial score (nSPS) is 17.2. The summed E-state index contributed by atoms with van der Waals surface area (Å²) >= 11 is 1.10. The predicted molar refractivity (Wildman–Crippen MR) is 88.2 cm³/mol. The van der Waals surface area contributed by atoms with Crippen molar-refractivity contribution in [3.05, 3.63) is 27.5 Å². The first kappa shape index (κ1) is 16.3. The molecule has 2 N–H and O–H groups in total. The summed E-state index contributed by atoms with van der Waals surface area (Å²) in [6.45, 7) is 3.99. The van der Waals surface area contributed by atoms with Gasteiger partial charge in [-0.3, -0.25) is 4.79 Å². The first-order valence-electron chi connectivity index (χ1n) is 7.33. The fourth-order valence-electron chi connectivity index (χ4n) is 2.32. The number of nitrogens with one attached hydrogen (secondary N) is 1. The minimum Gasteiger partial charge on any atom is -0.477 e. The Morgan fingerprint density at radius 3 is 2.86 bits per heavy atom. The molecule has 0 spiro atoms. The quantitative estimate of drug-likeness (QED) is 0.656. The van der Waals surface area contributed by atoms with Crippen molar-refractivity contribution in [3.63, 3.8) is 0 Å². The van der Waals surface area contributed by atoms with Gasteiger partial charge in [0.15, 0.2) is 0 Å². The van der Waals surface area contributed by atoms with Gasteiger partial charge in [-0.05, 0) is 32.3 Å². The summed E-state index contributed by atoms with van der Waals surface area (Å²) in [5.41, 5.74) is 1.66. The predicted octanol–water partition coefficient (Wildman–Crippen LogP) is 3.89. The Bertz CT molecular complexity index is 676. The number of thiophene rings is 1. The number of carbonyl (C=O) groups is 2. The van der Waals surface area contributed by atoms with Gasteiger partial charge in [-0.1, -0.05) is 30.4 Å².